The molecule has 9 rings (SSSR count). The summed E-state index contributed by atoms with van der Waals surface area (Å²) in [5.74, 6) is 3.72. The van der Waals surface area contributed by atoms with Crippen molar-refractivity contribution in [1.29, 1.82) is 0 Å². The highest BCUT2D eigenvalue weighted by Crippen LogP contribution is 2.51. The van der Waals surface area contributed by atoms with Gasteiger partial charge in [-0.3, -0.25) is 9.59 Å². The molecule has 5 heterocycles. The first-order valence-corrected chi connectivity index (χ1v) is 22.1. The number of nitrogens with zero attached hydrogens (tertiary/aromatic N) is 4. The SMILES string of the molecule is COC(=O)N[C@H](C(=O)N1[C@@H]2CCC[C@@H]2C[C@H]1c1ncc(-c2ccc3c(c2)Oc2ccc(-c4cnc([C@@H]5C[C@@H]6CCC[C@@H]6N5C(=O)[C@@H](NC(=O)OC)[C@@H](C)OC)[nH]4)cc2O3)[nH]1)[C@@H](C)OC. The highest BCUT2D eigenvalue weighted by Gasteiger charge is 2.51. The fraction of sp³-hybridized carbons (Fsp3) is 0.522. The fourth-order valence-corrected chi connectivity index (χ4v) is 10.6. The molecule has 4 fully saturated rings. The molecule has 4 amide bonds. The molecule has 0 unspecified atom stereocenters. The predicted octanol–water partition coefficient (Wildman–Crippen LogP) is 6.77. The summed E-state index contributed by atoms with van der Waals surface area (Å²) < 4.78 is 33.5. The minimum absolute atomic E-state index is 0.0387. The molecule has 3 aliphatic heterocycles. The zero-order valence-corrected chi connectivity index (χ0v) is 36.9. The van der Waals surface area contributed by atoms with Crippen molar-refractivity contribution in [2.75, 3.05) is 28.4 Å². The topological polar surface area (TPSA) is 212 Å². The summed E-state index contributed by atoms with van der Waals surface area (Å²) in [6.07, 6.45) is 8.41. The molecule has 2 aliphatic carbocycles. The number of aromatic nitrogens is 4. The maximum Gasteiger partial charge on any atom is 0.407 e. The molecular weight excluding hydrogens is 825 g/mol. The molecule has 0 bridgehead atoms. The summed E-state index contributed by atoms with van der Waals surface area (Å²) in [6.45, 7) is 3.51. The Bertz CT molecular complexity index is 2240. The van der Waals surface area contributed by atoms with Gasteiger partial charge in [0.2, 0.25) is 11.8 Å². The number of imidazole rings is 2. The molecule has 64 heavy (non-hydrogen) atoms. The third-order valence-electron chi connectivity index (χ3n) is 14.1. The van der Waals surface area contributed by atoms with Gasteiger partial charge in [-0.05, 0) is 101 Å². The lowest BCUT2D eigenvalue weighted by Gasteiger charge is -2.34. The van der Waals surface area contributed by atoms with Crippen molar-refractivity contribution in [3.8, 4) is 45.5 Å². The van der Waals surface area contributed by atoms with E-state index in [1.54, 1.807) is 26.2 Å². The van der Waals surface area contributed by atoms with E-state index in [9.17, 15) is 19.2 Å². The number of H-pyrrole nitrogens is 2. The van der Waals surface area contributed by atoms with Crippen LogP contribution in [0.25, 0.3) is 22.5 Å². The average Bonchev–Trinajstić information content (AvgIpc) is 4.17. The number of carbonyl (C=O) groups excluding carboxylic acids is 4. The van der Waals surface area contributed by atoms with E-state index in [1.807, 2.05) is 46.2 Å². The van der Waals surface area contributed by atoms with Gasteiger partial charge in [-0.2, -0.15) is 0 Å². The molecule has 4 aromatic rings. The quantitative estimate of drug-likeness (QED) is 0.102. The number of alkyl carbamates (subject to hydrolysis) is 2. The normalized spacial score (nSPS) is 24.8. The summed E-state index contributed by atoms with van der Waals surface area (Å²) in [7, 11) is 5.56. The Morgan fingerprint density at radius 1 is 0.641 bits per heavy atom. The Kier molecular flexibility index (Phi) is 12.0. The number of nitrogens with one attached hydrogen (secondary N) is 4. The second-order valence-electron chi connectivity index (χ2n) is 17.5. The molecule has 18 heteroatoms. The van der Waals surface area contributed by atoms with Gasteiger partial charge in [0.05, 0.1) is 62.3 Å². The number of fused-ring (bicyclic) bond motifs is 4. The van der Waals surface area contributed by atoms with Gasteiger partial charge >= 0.3 is 12.2 Å². The van der Waals surface area contributed by atoms with Crippen molar-refractivity contribution < 1.29 is 47.6 Å². The molecular formula is C46H56N8O10. The minimum Gasteiger partial charge on any atom is -0.453 e. The van der Waals surface area contributed by atoms with Crippen molar-refractivity contribution in [3.63, 3.8) is 0 Å². The highest BCUT2D eigenvalue weighted by molar-refractivity contribution is 5.88. The van der Waals surface area contributed by atoms with E-state index in [4.69, 9.17) is 38.4 Å². The molecule has 2 aromatic carbocycles. The lowest BCUT2D eigenvalue weighted by molar-refractivity contribution is -0.140. The molecule has 2 aromatic heterocycles. The second-order valence-corrected chi connectivity index (χ2v) is 17.5. The first-order chi connectivity index (χ1) is 31.0. The molecule has 340 valence electrons. The number of benzene rings is 2. The largest absolute Gasteiger partial charge is 0.453 e. The van der Waals surface area contributed by atoms with Crippen LogP contribution in [0, 0.1) is 11.8 Å². The Morgan fingerprint density at radius 3 is 1.45 bits per heavy atom. The van der Waals surface area contributed by atoms with Crippen LogP contribution >= 0.6 is 0 Å². The van der Waals surface area contributed by atoms with Crippen molar-refractivity contribution in [2.45, 2.75) is 114 Å². The van der Waals surface area contributed by atoms with Crippen molar-refractivity contribution >= 4 is 24.0 Å². The van der Waals surface area contributed by atoms with Crippen LogP contribution in [0.1, 0.15) is 88.9 Å². The van der Waals surface area contributed by atoms with Gasteiger partial charge in [0.25, 0.3) is 0 Å². The fourth-order valence-electron chi connectivity index (χ4n) is 10.6. The van der Waals surface area contributed by atoms with Crippen molar-refractivity contribution in [1.82, 2.24) is 40.4 Å². The minimum atomic E-state index is -0.926. The third-order valence-corrected chi connectivity index (χ3v) is 14.1. The Morgan fingerprint density at radius 2 is 1.06 bits per heavy atom. The van der Waals surface area contributed by atoms with Crippen LogP contribution in [0.3, 0.4) is 0 Å². The first kappa shape index (κ1) is 43.1. The van der Waals surface area contributed by atoms with E-state index in [-0.39, 0.29) is 36.0 Å². The summed E-state index contributed by atoms with van der Waals surface area (Å²) in [4.78, 5) is 73.4. The van der Waals surface area contributed by atoms with Gasteiger partial charge < -0.3 is 58.8 Å². The standard InChI is InChI=1S/C46H56N8O10/c1-23(59-3)39(51-45(57)61-5)43(55)53-31-11-7-9-27(31)17-33(53)41-47-21-29(49-41)25-13-15-35-37(19-25)63-36-16-14-26(20-38(36)64-35)30-22-48-42(50-30)34-18-28-10-8-12-32(28)54(34)44(56)40(24(2)60-4)52-46(58)62-6/h13-16,19-24,27-28,31-34,39-40H,7-12,17-18H2,1-6H3,(H,47,49)(H,48,50)(H,51,57)(H,52,58)/t23-,24-,27-,28+,31-,32+,33+,34+,39+,40+/m1/s1. The highest BCUT2D eigenvalue weighted by atomic mass is 16.6. The average molecular weight is 881 g/mol. The van der Waals surface area contributed by atoms with Crippen LogP contribution < -0.4 is 20.1 Å². The zero-order chi connectivity index (χ0) is 44.8. The number of ether oxygens (including phenoxy) is 6. The zero-order valence-electron chi connectivity index (χ0n) is 36.9. The number of rotatable bonds is 12. The van der Waals surface area contributed by atoms with Crippen LogP contribution in [0.4, 0.5) is 9.59 Å². The van der Waals surface area contributed by atoms with Gasteiger partial charge in [-0.1, -0.05) is 12.8 Å². The molecule has 5 aliphatic rings. The molecule has 2 saturated carbocycles. The van der Waals surface area contributed by atoms with Crippen molar-refractivity contribution in [2.24, 2.45) is 11.8 Å². The number of hydrogen-bond donors (Lipinski definition) is 4. The Hall–Kier alpha value is -6.14. The van der Waals surface area contributed by atoms with Gasteiger partial charge in [-0.25, -0.2) is 19.6 Å². The third kappa shape index (κ3) is 7.90. The van der Waals surface area contributed by atoms with Crippen LogP contribution in [0.5, 0.6) is 23.0 Å². The number of amides is 4. The molecule has 4 N–H and O–H groups in total. The molecule has 18 nitrogen and oxygen atoms in total. The van der Waals surface area contributed by atoms with Gasteiger partial charge in [0.15, 0.2) is 23.0 Å². The number of likely N-dealkylation sites (tertiary alicyclic amines) is 2. The summed E-state index contributed by atoms with van der Waals surface area (Å²) in [5.41, 5.74) is 3.17. The van der Waals surface area contributed by atoms with Crippen molar-refractivity contribution in [3.05, 3.63) is 60.4 Å². The second kappa shape index (κ2) is 17.8. The molecule has 10 atom stereocenters. The van der Waals surface area contributed by atoms with E-state index >= 15 is 0 Å². The molecule has 0 radical (unpaired) electrons. The monoisotopic (exact) mass is 880 g/mol. The lowest BCUT2D eigenvalue weighted by atomic mass is 10.0. The number of aromatic amines is 2. The van der Waals surface area contributed by atoms with Gasteiger partial charge in [0, 0.05) is 37.4 Å². The molecule has 2 saturated heterocycles. The first-order valence-electron chi connectivity index (χ1n) is 22.1. The van der Waals surface area contributed by atoms with Crippen LogP contribution in [-0.2, 0) is 28.5 Å². The van der Waals surface area contributed by atoms with Crippen LogP contribution in [0.2, 0.25) is 0 Å². The predicted molar refractivity (Wildman–Crippen MR) is 230 cm³/mol. The maximum atomic E-state index is 14.2. The van der Waals surface area contributed by atoms with Gasteiger partial charge in [0.1, 0.15) is 23.7 Å². The van der Waals surface area contributed by atoms with Gasteiger partial charge in [-0.15, -0.1) is 0 Å². The number of methoxy groups -OCH3 is 4. The lowest BCUT2D eigenvalue weighted by Crippen LogP contribution is -2.55. The summed E-state index contributed by atoms with van der Waals surface area (Å²) in [6, 6.07) is 8.99. The Balaban J connectivity index is 0.912. The van der Waals surface area contributed by atoms with Crippen LogP contribution in [0.15, 0.2) is 48.8 Å². The summed E-state index contributed by atoms with van der Waals surface area (Å²) >= 11 is 0. The van der Waals surface area contributed by atoms with E-state index in [0.717, 1.165) is 73.9 Å². The number of hydrogen-bond acceptors (Lipinski definition) is 12. The number of carbonyl (C=O) groups is 4. The van der Waals surface area contributed by atoms with E-state index < -0.39 is 36.5 Å². The van der Waals surface area contributed by atoms with Crippen LogP contribution in [-0.4, -0.2) is 119 Å². The molecule has 0 spiro atoms. The van der Waals surface area contributed by atoms with E-state index in [1.165, 1.54) is 28.4 Å². The maximum absolute atomic E-state index is 14.2. The summed E-state index contributed by atoms with van der Waals surface area (Å²) in [5, 5.41) is 5.39. The van der Waals surface area contributed by atoms with E-state index in [2.05, 4.69) is 20.6 Å². The smallest absolute Gasteiger partial charge is 0.407 e. The Labute approximate surface area is 371 Å². The van der Waals surface area contributed by atoms with E-state index in [0.29, 0.717) is 46.5 Å².